The highest BCUT2D eigenvalue weighted by atomic mass is 32.1. The first kappa shape index (κ1) is 49.4. The SMILES string of the molecule is CC1C=CC2=C(C1)c1ccc(N(c3ccc4c5c(ccc4c3)CCC=C5)c3ccc4c(c3)sc3c5ccc(N(c6ccc7c(c6)CC(C)c6ccccc6-7)C6C=C7C(=CC6)C6=C(CCC=C6)C7(C)C)cc5c5ccccc5c43)cc1C2(C)C. The van der Waals surface area contributed by atoms with Crippen molar-refractivity contribution in [2.45, 2.75) is 104 Å². The van der Waals surface area contributed by atoms with Crippen molar-refractivity contribution in [1.82, 2.24) is 0 Å². The van der Waals surface area contributed by atoms with Crippen LogP contribution in [0.25, 0.3) is 75.3 Å². The van der Waals surface area contributed by atoms with Gasteiger partial charge in [-0.2, -0.15) is 0 Å². The van der Waals surface area contributed by atoms with E-state index >= 15 is 0 Å². The van der Waals surface area contributed by atoms with Gasteiger partial charge in [-0.3, -0.25) is 0 Å². The van der Waals surface area contributed by atoms with Crippen LogP contribution < -0.4 is 9.80 Å². The van der Waals surface area contributed by atoms with Gasteiger partial charge in [-0.05, 0) is 217 Å². The average Bonchev–Trinajstić information content (AvgIpc) is 3.74. The van der Waals surface area contributed by atoms with Gasteiger partial charge in [0.15, 0.2) is 0 Å². The molecule has 0 N–H and O–H groups in total. The van der Waals surface area contributed by atoms with Crippen molar-refractivity contribution in [3.8, 4) is 11.1 Å². The van der Waals surface area contributed by atoms with Gasteiger partial charge in [0.05, 0.1) is 6.04 Å². The Labute approximate surface area is 492 Å². The van der Waals surface area contributed by atoms with Gasteiger partial charge in [-0.1, -0.05) is 187 Å². The van der Waals surface area contributed by atoms with Crippen LogP contribution in [0.15, 0.2) is 222 Å². The van der Waals surface area contributed by atoms with Crippen LogP contribution in [-0.2, 0) is 18.3 Å². The molecule has 0 amide bonds. The van der Waals surface area contributed by atoms with E-state index in [1.165, 1.54) is 153 Å². The third kappa shape index (κ3) is 7.32. The predicted molar refractivity (Wildman–Crippen MR) is 357 cm³/mol. The van der Waals surface area contributed by atoms with Gasteiger partial charge in [-0.25, -0.2) is 0 Å². The summed E-state index contributed by atoms with van der Waals surface area (Å²) in [7, 11) is 0. The Morgan fingerprint density at radius 1 is 0.554 bits per heavy atom. The Hall–Kier alpha value is -8.24. The lowest BCUT2D eigenvalue weighted by Gasteiger charge is -2.37. The average molecular weight is 1090 g/mol. The number of hydrogen-bond acceptors (Lipinski definition) is 3. The molecule has 0 aliphatic heterocycles. The van der Waals surface area contributed by atoms with E-state index in [1.807, 2.05) is 11.3 Å². The highest BCUT2D eigenvalue weighted by molar-refractivity contribution is 7.27. The van der Waals surface area contributed by atoms with Crippen LogP contribution >= 0.6 is 11.3 Å². The van der Waals surface area contributed by atoms with Crippen LogP contribution in [0.5, 0.6) is 0 Å². The predicted octanol–water partition coefficient (Wildman–Crippen LogP) is 22.4. The Bertz CT molecular complexity index is 4760. The minimum Gasteiger partial charge on any atom is -0.334 e. The fourth-order valence-electron chi connectivity index (χ4n) is 16.6. The molecular formula is C80H68N2S. The van der Waals surface area contributed by atoms with Crippen LogP contribution in [0.3, 0.4) is 0 Å². The molecule has 3 heteroatoms. The highest BCUT2D eigenvalue weighted by Gasteiger charge is 2.43. The maximum atomic E-state index is 2.69. The second kappa shape index (κ2) is 18.1. The number of thiophene rings is 1. The normalized spacial score (nSPS) is 20.5. The summed E-state index contributed by atoms with van der Waals surface area (Å²) in [4.78, 5) is 5.23. The summed E-state index contributed by atoms with van der Waals surface area (Å²) in [5.74, 6) is 1.00. The maximum Gasteiger partial charge on any atom is 0.0563 e. The zero-order valence-corrected chi connectivity index (χ0v) is 49.4. The fraction of sp³-hybridized carbons (Fsp3) is 0.225. The largest absolute Gasteiger partial charge is 0.334 e. The van der Waals surface area contributed by atoms with Crippen molar-refractivity contribution in [1.29, 1.82) is 0 Å². The van der Waals surface area contributed by atoms with Gasteiger partial charge in [0.25, 0.3) is 0 Å². The van der Waals surface area contributed by atoms with E-state index in [9.17, 15) is 0 Å². The lowest BCUT2D eigenvalue weighted by atomic mass is 9.76. The molecule has 9 aromatic carbocycles. The van der Waals surface area contributed by atoms with E-state index in [-0.39, 0.29) is 16.9 Å². The van der Waals surface area contributed by atoms with Crippen molar-refractivity contribution < 1.29 is 0 Å². The molecule has 1 heterocycles. The summed E-state index contributed by atoms with van der Waals surface area (Å²) in [6, 6.07) is 59.8. The number of aryl methyl sites for hydroxylation is 1. The summed E-state index contributed by atoms with van der Waals surface area (Å²) in [5, 5.41) is 10.5. The summed E-state index contributed by atoms with van der Waals surface area (Å²) in [6.07, 6.45) is 27.1. The molecule has 7 aliphatic carbocycles. The summed E-state index contributed by atoms with van der Waals surface area (Å²) >= 11 is 1.96. The highest BCUT2D eigenvalue weighted by Crippen LogP contribution is 2.57. The second-order valence-electron chi connectivity index (χ2n) is 26.2. The standard InChI is InChI=1S/C80H68N2S/c1-47-23-38-73-71(39-47)66-35-29-56(45-75(66)80(73,5)6)82(52-26-32-60-50(41-52)25-24-49-15-7-8-17-59(49)60)57-31-37-69-76(46-57)83-78-68-36-30-54(43-70(68)63-19-11-12-21-67(63)77(69)78)81(53-27-33-61-51(42-53)40-48(2)58-16-9-10-18-62(58)61)55-28-34-65-64-20-13-14-22-72(64)79(3,4)74(65)44-55/h8-13,16-21,23-27,29-38,41-48,55H,7,14-15,22,28,39-40H2,1-6H3. The molecular weight excluding hydrogens is 1020 g/mol. The van der Waals surface area contributed by atoms with Gasteiger partial charge < -0.3 is 9.80 Å². The summed E-state index contributed by atoms with van der Waals surface area (Å²) < 4.78 is 2.65. The van der Waals surface area contributed by atoms with E-state index in [0.717, 1.165) is 44.9 Å². The first-order chi connectivity index (χ1) is 40.5. The molecule has 7 aliphatic rings. The van der Waals surface area contributed by atoms with E-state index in [4.69, 9.17) is 0 Å². The zero-order valence-electron chi connectivity index (χ0n) is 48.5. The third-order valence-electron chi connectivity index (χ3n) is 20.7. The van der Waals surface area contributed by atoms with Crippen molar-refractivity contribution in [3.63, 3.8) is 0 Å². The van der Waals surface area contributed by atoms with Crippen LogP contribution in [-0.4, -0.2) is 6.04 Å². The molecule has 0 saturated heterocycles. The Balaban J connectivity index is 0.827. The number of nitrogens with zero attached hydrogens (tertiary/aromatic N) is 2. The summed E-state index contributed by atoms with van der Waals surface area (Å²) in [5.41, 5.74) is 26.3. The van der Waals surface area contributed by atoms with Crippen molar-refractivity contribution in [3.05, 3.63) is 255 Å². The first-order valence-corrected chi connectivity index (χ1v) is 31.5. The monoisotopic (exact) mass is 1090 g/mol. The minimum absolute atomic E-state index is 0.00688. The molecule has 2 nitrogen and oxygen atoms in total. The van der Waals surface area contributed by atoms with Crippen LogP contribution in [0.1, 0.15) is 113 Å². The van der Waals surface area contributed by atoms with Gasteiger partial charge >= 0.3 is 0 Å². The van der Waals surface area contributed by atoms with Gasteiger partial charge in [0.2, 0.25) is 0 Å². The second-order valence-corrected chi connectivity index (χ2v) is 27.3. The Morgan fingerprint density at radius 3 is 2.19 bits per heavy atom. The molecule has 404 valence electrons. The molecule has 3 unspecified atom stereocenters. The zero-order chi connectivity index (χ0) is 55.6. The Morgan fingerprint density at radius 2 is 1.29 bits per heavy atom. The molecule has 0 radical (unpaired) electrons. The topological polar surface area (TPSA) is 6.48 Å². The number of hydrogen-bond donors (Lipinski definition) is 0. The number of anilines is 5. The minimum atomic E-state index is -0.0890. The van der Waals surface area contributed by atoms with Crippen LogP contribution in [0.4, 0.5) is 28.4 Å². The van der Waals surface area contributed by atoms with Gasteiger partial charge in [0, 0.05) is 64.8 Å². The molecule has 83 heavy (non-hydrogen) atoms. The van der Waals surface area contributed by atoms with Gasteiger partial charge in [0.1, 0.15) is 0 Å². The lowest BCUT2D eigenvalue weighted by Crippen LogP contribution is -2.32. The number of allylic oxidation sites excluding steroid dienone is 11. The fourth-order valence-corrected chi connectivity index (χ4v) is 17.8. The van der Waals surface area contributed by atoms with Crippen LogP contribution in [0, 0.1) is 11.3 Å². The van der Waals surface area contributed by atoms with Crippen LogP contribution in [0.2, 0.25) is 0 Å². The molecule has 17 rings (SSSR count). The van der Waals surface area contributed by atoms with Crippen molar-refractivity contribution >= 4 is 104 Å². The molecule has 0 bridgehead atoms. The van der Waals surface area contributed by atoms with E-state index in [2.05, 4.69) is 252 Å². The van der Waals surface area contributed by atoms with Crippen molar-refractivity contribution in [2.24, 2.45) is 11.3 Å². The smallest absolute Gasteiger partial charge is 0.0563 e. The van der Waals surface area contributed by atoms with Gasteiger partial charge in [-0.15, -0.1) is 11.3 Å². The number of benzene rings is 9. The maximum absolute atomic E-state index is 2.69. The van der Waals surface area contributed by atoms with E-state index < -0.39 is 0 Å². The van der Waals surface area contributed by atoms with E-state index in [1.54, 1.807) is 5.57 Å². The molecule has 3 atom stereocenters. The first-order valence-electron chi connectivity index (χ1n) is 30.7. The third-order valence-corrected chi connectivity index (χ3v) is 21.9. The Kier molecular flexibility index (Phi) is 10.8. The molecule has 10 aromatic rings. The number of rotatable bonds is 6. The number of fused-ring (bicyclic) bond motifs is 18. The van der Waals surface area contributed by atoms with E-state index in [0.29, 0.717) is 11.8 Å². The van der Waals surface area contributed by atoms with Crippen molar-refractivity contribution in [2.75, 3.05) is 9.80 Å². The quantitative estimate of drug-likeness (QED) is 0.153. The lowest BCUT2D eigenvalue weighted by molar-refractivity contribution is 0.531. The molecule has 1 aromatic heterocycles. The molecule has 0 fully saturated rings. The molecule has 0 saturated carbocycles. The molecule has 0 spiro atoms. The summed E-state index contributed by atoms with van der Waals surface area (Å²) in [6.45, 7) is 14.6.